The molecule has 2 unspecified atom stereocenters. The highest BCUT2D eigenvalue weighted by Gasteiger charge is 2.52. The van der Waals surface area contributed by atoms with E-state index in [2.05, 4.69) is 53.7 Å². The van der Waals surface area contributed by atoms with Gasteiger partial charge < -0.3 is 4.74 Å². The van der Waals surface area contributed by atoms with E-state index < -0.39 is 0 Å². The van der Waals surface area contributed by atoms with Crippen LogP contribution >= 0.6 is 0 Å². The summed E-state index contributed by atoms with van der Waals surface area (Å²) in [6.45, 7) is 8.61. The smallest absolute Gasteiger partial charge is 0.167 e. The second kappa shape index (κ2) is 4.46. The summed E-state index contributed by atoms with van der Waals surface area (Å²) in [6, 6.07) is 8.35. The van der Waals surface area contributed by atoms with Gasteiger partial charge in [-0.05, 0) is 18.4 Å². The third-order valence-corrected chi connectivity index (χ3v) is 4.46. The molecule has 0 amide bonds. The maximum absolute atomic E-state index is 5.90. The van der Waals surface area contributed by atoms with E-state index in [1.165, 1.54) is 22.4 Å². The van der Waals surface area contributed by atoms with E-state index in [1.54, 1.807) is 0 Å². The Labute approximate surface area is 124 Å². The minimum atomic E-state index is 0.0470. The van der Waals surface area contributed by atoms with Crippen molar-refractivity contribution in [3.8, 4) is 0 Å². The van der Waals surface area contributed by atoms with Crippen LogP contribution in [0.1, 0.15) is 42.3 Å². The summed E-state index contributed by atoms with van der Waals surface area (Å²) >= 11 is 0. The Balaban J connectivity index is 1.81. The van der Waals surface area contributed by atoms with E-state index in [0.717, 1.165) is 24.4 Å². The Bertz CT molecular complexity index is 719. The van der Waals surface area contributed by atoms with Crippen LogP contribution in [0.4, 0.5) is 5.82 Å². The Kier molecular flexibility index (Phi) is 2.69. The molecule has 1 N–H and O–H groups in total. The van der Waals surface area contributed by atoms with Crippen LogP contribution in [0, 0.1) is 0 Å². The fourth-order valence-corrected chi connectivity index (χ4v) is 3.32. The molecule has 4 nitrogen and oxygen atoms in total. The third kappa shape index (κ3) is 1.69. The zero-order chi connectivity index (χ0) is 14.6. The average Bonchev–Trinajstić information content (AvgIpc) is 3.20. The summed E-state index contributed by atoms with van der Waals surface area (Å²) < 4.78 is 5.90. The number of epoxide rings is 1. The van der Waals surface area contributed by atoms with Crippen molar-refractivity contribution in [2.75, 3.05) is 4.90 Å². The molecule has 2 aliphatic heterocycles. The van der Waals surface area contributed by atoms with Crippen molar-refractivity contribution in [3.63, 3.8) is 0 Å². The molecule has 1 aromatic heterocycles. The molecule has 0 aliphatic carbocycles. The van der Waals surface area contributed by atoms with Gasteiger partial charge in [-0.15, -0.1) is 0 Å². The number of nitrogens with one attached hydrogen (secondary N) is 1. The lowest BCUT2D eigenvalue weighted by Crippen LogP contribution is -2.29. The van der Waals surface area contributed by atoms with Crippen molar-refractivity contribution in [1.29, 1.82) is 0 Å². The van der Waals surface area contributed by atoms with Gasteiger partial charge in [-0.1, -0.05) is 44.7 Å². The van der Waals surface area contributed by atoms with Gasteiger partial charge in [0, 0.05) is 22.5 Å². The number of H-pyrrole nitrogens is 1. The van der Waals surface area contributed by atoms with Crippen LogP contribution in [0.5, 0.6) is 0 Å². The first-order valence-electron chi connectivity index (χ1n) is 7.55. The van der Waals surface area contributed by atoms with Gasteiger partial charge in [0.15, 0.2) is 12.0 Å². The molecule has 0 saturated carbocycles. The zero-order valence-electron chi connectivity index (χ0n) is 12.4. The number of aromatic amines is 1. The summed E-state index contributed by atoms with van der Waals surface area (Å²) in [5, 5.41) is 7.71. The summed E-state index contributed by atoms with van der Waals surface area (Å²) in [5.41, 5.74) is 5.87. The van der Waals surface area contributed by atoms with Crippen molar-refractivity contribution in [2.45, 2.75) is 39.0 Å². The van der Waals surface area contributed by atoms with E-state index in [4.69, 9.17) is 4.74 Å². The van der Waals surface area contributed by atoms with Crippen molar-refractivity contribution in [3.05, 3.63) is 53.2 Å². The van der Waals surface area contributed by atoms with Crippen molar-refractivity contribution < 1.29 is 4.74 Å². The maximum Gasteiger partial charge on any atom is 0.167 e. The van der Waals surface area contributed by atoms with Crippen molar-refractivity contribution in [1.82, 2.24) is 10.2 Å². The van der Waals surface area contributed by atoms with Crippen molar-refractivity contribution >= 4 is 11.5 Å². The minimum Gasteiger partial charge on any atom is -0.342 e. The molecule has 0 spiro atoms. The highest BCUT2D eigenvalue weighted by atomic mass is 16.6. The van der Waals surface area contributed by atoms with Crippen molar-refractivity contribution in [2.24, 2.45) is 0 Å². The van der Waals surface area contributed by atoms with Gasteiger partial charge in [0.1, 0.15) is 6.10 Å². The van der Waals surface area contributed by atoms with Crippen LogP contribution in [-0.2, 0) is 17.6 Å². The molecule has 1 saturated heterocycles. The van der Waals surface area contributed by atoms with E-state index in [1.807, 2.05) is 6.07 Å². The minimum absolute atomic E-state index is 0.0470. The first kappa shape index (κ1) is 12.7. The molecular formula is C17H19N3O. The molecule has 4 heteroatoms. The molecule has 0 bridgehead atoms. The Hall–Kier alpha value is -2.07. The van der Waals surface area contributed by atoms with E-state index >= 15 is 0 Å². The number of aromatic nitrogens is 2. The Morgan fingerprint density at radius 2 is 2.10 bits per heavy atom. The molecule has 1 fully saturated rings. The number of anilines is 1. The number of hydrogen-bond acceptors (Lipinski definition) is 3. The zero-order valence-corrected chi connectivity index (χ0v) is 12.4. The molecule has 1 aromatic carbocycles. The average molecular weight is 281 g/mol. The standard InChI is InChI=1S/C17H19N3O/c1-4-11-14(5-2)18-19-16(11)20-10(3)12-8-6-7-9-13(12)15-17(20)21-15/h6-9,15,17H,3-5H2,1-2H3,(H,18,19). The van der Waals surface area contributed by atoms with Crippen LogP contribution < -0.4 is 4.90 Å². The lowest BCUT2D eigenvalue weighted by Gasteiger charge is -2.28. The molecular weight excluding hydrogens is 262 g/mol. The number of fused-ring (bicyclic) bond motifs is 3. The molecule has 2 aliphatic rings. The number of nitrogens with zero attached hydrogens (tertiary/aromatic N) is 2. The topological polar surface area (TPSA) is 44.5 Å². The number of rotatable bonds is 3. The first-order valence-corrected chi connectivity index (χ1v) is 7.55. The summed E-state index contributed by atoms with van der Waals surface area (Å²) in [4.78, 5) is 2.15. The molecule has 108 valence electrons. The predicted octanol–water partition coefficient (Wildman–Crippen LogP) is 3.42. The van der Waals surface area contributed by atoms with E-state index in [-0.39, 0.29) is 12.3 Å². The van der Waals surface area contributed by atoms with Crippen LogP contribution in [0.25, 0.3) is 5.70 Å². The number of benzene rings is 1. The normalized spacial score (nSPS) is 23.0. The fraction of sp³-hybridized carbons (Fsp3) is 0.353. The van der Waals surface area contributed by atoms with E-state index in [0.29, 0.717) is 0 Å². The number of aryl methyl sites for hydroxylation is 1. The van der Waals surface area contributed by atoms with E-state index in [9.17, 15) is 0 Å². The van der Waals surface area contributed by atoms with Gasteiger partial charge in [-0.3, -0.25) is 10.00 Å². The van der Waals surface area contributed by atoms with Crippen LogP contribution in [0.3, 0.4) is 0 Å². The van der Waals surface area contributed by atoms with Gasteiger partial charge in [0.25, 0.3) is 0 Å². The molecule has 2 aromatic rings. The molecule has 4 rings (SSSR count). The molecule has 21 heavy (non-hydrogen) atoms. The maximum atomic E-state index is 5.90. The lowest BCUT2D eigenvalue weighted by atomic mass is 9.96. The molecule has 0 radical (unpaired) electrons. The predicted molar refractivity (Wildman–Crippen MR) is 82.9 cm³/mol. The number of ether oxygens (including phenoxy) is 1. The molecule has 2 atom stereocenters. The summed E-state index contributed by atoms with van der Waals surface area (Å²) in [5.74, 6) is 0.973. The summed E-state index contributed by atoms with van der Waals surface area (Å²) in [6.07, 6.45) is 2.11. The highest BCUT2D eigenvalue weighted by molar-refractivity contribution is 5.83. The monoisotopic (exact) mass is 281 g/mol. The SMILES string of the molecule is C=C1c2ccccc2C2OC2N1c1n[nH]c(CC)c1CC. The van der Waals surface area contributed by atoms with Crippen LogP contribution in [0.2, 0.25) is 0 Å². The Morgan fingerprint density at radius 1 is 1.29 bits per heavy atom. The number of hydrogen-bond donors (Lipinski definition) is 1. The van der Waals surface area contributed by atoms with Gasteiger partial charge in [-0.25, -0.2) is 0 Å². The second-order valence-electron chi connectivity index (χ2n) is 5.56. The van der Waals surface area contributed by atoms with Crippen LogP contribution in [0.15, 0.2) is 30.8 Å². The highest BCUT2D eigenvalue weighted by Crippen LogP contribution is 2.52. The summed E-state index contributed by atoms with van der Waals surface area (Å²) in [7, 11) is 0. The van der Waals surface area contributed by atoms with Gasteiger partial charge in [0.2, 0.25) is 0 Å². The quantitative estimate of drug-likeness (QED) is 0.877. The second-order valence-corrected chi connectivity index (χ2v) is 5.56. The van der Waals surface area contributed by atoms with Crippen LogP contribution in [-0.4, -0.2) is 16.4 Å². The van der Waals surface area contributed by atoms with Gasteiger partial charge in [-0.2, -0.15) is 5.10 Å². The molecule has 3 heterocycles. The fourth-order valence-electron chi connectivity index (χ4n) is 3.32. The largest absolute Gasteiger partial charge is 0.342 e. The Morgan fingerprint density at radius 3 is 2.86 bits per heavy atom. The third-order valence-electron chi connectivity index (χ3n) is 4.46. The lowest BCUT2D eigenvalue weighted by molar-refractivity contribution is 0.378. The van der Waals surface area contributed by atoms with Gasteiger partial charge >= 0.3 is 0 Å². The van der Waals surface area contributed by atoms with Gasteiger partial charge in [0.05, 0.1) is 0 Å². The first-order chi connectivity index (χ1) is 10.3.